The highest BCUT2D eigenvalue weighted by Crippen LogP contribution is 2.37. The lowest BCUT2D eigenvalue weighted by atomic mass is 9.98. The van der Waals surface area contributed by atoms with Crippen molar-refractivity contribution in [1.82, 2.24) is 5.32 Å². The predicted molar refractivity (Wildman–Crippen MR) is 125 cm³/mol. The zero-order valence-corrected chi connectivity index (χ0v) is 19.5. The van der Waals surface area contributed by atoms with E-state index in [4.69, 9.17) is 14.3 Å². The third kappa shape index (κ3) is 5.20. The highest BCUT2D eigenvalue weighted by molar-refractivity contribution is 7.89. The summed E-state index contributed by atoms with van der Waals surface area (Å²) in [5, 5.41) is 8.97. The molecule has 0 aliphatic carbocycles. The molecule has 0 saturated carbocycles. The molecule has 1 amide bonds. The van der Waals surface area contributed by atoms with Crippen LogP contribution in [-0.4, -0.2) is 27.5 Å². The number of nitrogens with one attached hydrogen (secondary N) is 1. The summed E-state index contributed by atoms with van der Waals surface area (Å²) in [5.74, 6) is 0.499. The maximum absolute atomic E-state index is 12.5. The van der Waals surface area contributed by atoms with Crippen molar-refractivity contribution in [2.75, 3.05) is 13.2 Å². The first-order valence-electron chi connectivity index (χ1n) is 10.3. The van der Waals surface area contributed by atoms with Crippen molar-refractivity contribution in [3.05, 3.63) is 64.9 Å². The third-order valence-electron chi connectivity index (χ3n) is 5.26. The van der Waals surface area contributed by atoms with Gasteiger partial charge in [0.25, 0.3) is 0 Å². The highest BCUT2D eigenvalue weighted by atomic mass is 32.2. The zero-order chi connectivity index (χ0) is 23.5. The van der Waals surface area contributed by atoms with Crippen LogP contribution in [-0.2, 0) is 21.2 Å². The second-order valence-corrected chi connectivity index (χ2v) is 9.23. The molecule has 170 valence electrons. The SMILES string of the molecule is CCOc1c(/C(C)=C/C(=O)NCCc2ccc(S(N)(=O)=O)cc2)cc2c(C)coc2c1C. The van der Waals surface area contributed by atoms with E-state index in [1.807, 2.05) is 33.8 Å². The van der Waals surface area contributed by atoms with Crippen LogP contribution < -0.4 is 15.2 Å². The minimum Gasteiger partial charge on any atom is -0.493 e. The summed E-state index contributed by atoms with van der Waals surface area (Å²) in [5.41, 5.74) is 5.26. The van der Waals surface area contributed by atoms with Crippen molar-refractivity contribution in [1.29, 1.82) is 0 Å². The van der Waals surface area contributed by atoms with Crippen LogP contribution in [0.25, 0.3) is 16.5 Å². The summed E-state index contributed by atoms with van der Waals surface area (Å²) < 4.78 is 34.2. The molecule has 1 heterocycles. The molecule has 0 atom stereocenters. The zero-order valence-electron chi connectivity index (χ0n) is 18.7. The molecule has 7 nitrogen and oxygen atoms in total. The first kappa shape index (κ1) is 23.6. The Morgan fingerprint density at radius 2 is 1.91 bits per heavy atom. The van der Waals surface area contributed by atoms with E-state index >= 15 is 0 Å². The van der Waals surface area contributed by atoms with E-state index in [9.17, 15) is 13.2 Å². The molecule has 0 saturated heterocycles. The summed E-state index contributed by atoms with van der Waals surface area (Å²) in [6.07, 6.45) is 3.84. The largest absolute Gasteiger partial charge is 0.493 e. The van der Waals surface area contributed by atoms with Gasteiger partial charge in [-0.3, -0.25) is 4.79 Å². The van der Waals surface area contributed by atoms with Gasteiger partial charge in [-0.15, -0.1) is 0 Å². The number of hydrogen-bond acceptors (Lipinski definition) is 5. The van der Waals surface area contributed by atoms with E-state index < -0.39 is 10.0 Å². The molecule has 0 radical (unpaired) electrons. The molecule has 8 heteroatoms. The predicted octanol–water partition coefficient (Wildman–Crippen LogP) is 3.86. The topological polar surface area (TPSA) is 112 Å². The van der Waals surface area contributed by atoms with Crippen LogP contribution in [0.1, 0.15) is 36.1 Å². The fraction of sp³-hybridized carbons (Fsp3) is 0.292. The van der Waals surface area contributed by atoms with Gasteiger partial charge in [0.05, 0.1) is 17.8 Å². The minimum absolute atomic E-state index is 0.0640. The smallest absolute Gasteiger partial charge is 0.244 e. The van der Waals surface area contributed by atoms with Crippen molar-refractivity contribution in [3.63, 3.8) is 0 Å². The Labute approximate surface area is 188 Å². The third-order valence-corrected chi connectivity index (χ3v) is 6.19. The molecule has 0 fully saturated rings. The fourth-order valence-corrected chi connectivity index (χ4v) is 4.08. The number of rotatable bonds is 8. The Morgan fingerprint density at radius 1 is 1.22 bits per heavy atom. The minimum atomic E-state index is -3.71. The van der Waals surface area contributed by atoms with Gasteiger partial charge < -0.3 is 14.5 Å². The van der Waals surface area contributed by atoms with E-state index in [0.29, 0.717) is 25.3 Å². The number of carbonyl (C=O) groups is 1. The number of fused-ring (bicyclic) bond motifs is 1. The number of sulfonamides is 1. The van der Waals surface area contributed by atoms with E-state index in [1.54, 1.807) is 24.5 Å². The average Bonchev–Trinajstić information content (AvgIpc) is 3.10. The molecule has 3 rings (SSSR count). The molecule has 0 bridgehead atoms. The number of allylic oxidation sites excluding steroid dienone is 1. The van der Waals surface area contributed by atoms with E-state index in [0.717, 1.165) is 38.8 Å². The number of nitrogens with two attached hydrogens (primary N) is 1. The first-order chi connectivity index (χ1) is 15.1. The van der Waals surface area contributed by atoms with Gasteiger partial charge >= 0.3 is 0 Å². The Morgan fingerprint density at radius 3 is 2.53 bits per heavy atom. The molecular weight excluding hydrogens is 428 g/mol. The maximum Gasteiger partial charge on any atom is 0.244 e. The second-order valence-electron chi connectivity index (χ2n) is 7.66. The summed E-state index contributed by atoms with van der Waals surface area (Å²) >= 11 is 0. The number of benzene rings is 2. The number of furan rings is 1. The van der Waals surface area contributed by atoms with Gasteiger partial charge in [0.2, 0.25) is 15.9 Å². The molecule has 3 N–H and O–H groups in total. The summed E-state index contributed by atoms with van der Waals surface area (Å²) in [6.45, 7) is 8.65. The molecule has 0 aliphatic heterocycles. The first-order valence-corrected chi connectivity index (χ1v) is 11.9. The molecule has 2 aromatic carbocycles. The lowest BCUT2D eigenvalue weighted by Crippen LogP contribution is -2.24. The maximum atomic E-state index is 12.5. The molecule has 3 aromatic rings. The molecule has 0 aliphatic rings. The van der Waals surface area contributed by atoms with Crippen molar-refractivity contribution >= 4 is 32.5 Å². The van der Waals surface area contributed by atoms with Crippen LogP contribution in [0.2, 0.25) is 0 Å². The Hall–Kier alpha value is -3.10. The van der Waals surface area contributed by atoms with Crippen LogP contribution in [0.15, 0.2) is 52.0 Å². The summed E-state index contributed by atoms with van der Waals surface area (Å²) in [4.78, 5) is 12.6. The standard InChI is InChI=1S/C24H28N2O5S/c1-5-30-23-17(4)24-21(16(3)14-31-24)13-20(23)15(2)12-22(27)26-11-10-18-6-8-19(9-7-18)32(25,28)29/h6-9,12-14H,5,10-11H2,1-4H3,(H,26,27)(H2,25,28,29)/b15-12+. The van der Waals surface area contributed by atoms with E-state index in [2.05, 4.69) is 5.32 Å². The van der Waals surface area contributed by atoms with Gasteiger partial charge in [-0.05, 0) is 69.0 Å². The van der Waals surface area contributed by atoms with Crippen molar-refractivity contribution in [2.45, 2.75) is 39.0 Å². The van der Waals surface area contributed by atoms with Gasteiger partial charge in [0.1, 0.15) is 11.3 Å². The molecule has 0 spiro atoms. The fourth-order valence-electron chi connectivity index (χ4n) is 3.56. The molecule has 0 unspecified atom stereocenters. The number of hydrogen-bond donors (Lipinski definition) is 2. The lowest BCUT2D eigenvalue weighted by molar-refractivity contribution is -0.116. The Balaban J connectivity index is 1.73. The Kier molecular flexibility index (Phi) is 7.06. The molecular formula is C24H28N2O5S. The van der Waals surface area contributed by atoms with Crippen LogP contribution in [0.4, 0.5) is 0 Å². The van der Waals surface area contributed by atoms with Crippen LogP contribution >= 0.6 is 0 Å². The lowest BCUT2D eigenvalue weighted by Gasteiger charge is -2.14. The summed E-state index contributed by atoms with van der Waals surface area (Å²) in [7, 11) is -3.71. The quantitative estimate of drug-likeness (QED) is 0.500. The van der Waals surface area contributed by atoms with Gasteiger partial charge in [0.15, 0.2) is 0 Å². The van der Waals surface area contributed by atoms with Crippen LogP contribution in [0, 0.1) is 13.8 Å². The van der Waals surface area contributed by atoms with E-state index in [1.165, 1.54) is 12.1 Å². The number of primary sulfonamides is 1. The number of amides is 1. The van der Waals surface area contributed by atoms with Crippen molar-refractivity contribution < 1.29 is 22.4 Å². The average molecular weight is 457 g/mol. The van der Waals surface area contributed by atoms with Crippen molar-refractivity contribution in [2.24, 2.45) is 5.14 Å². The van der Waals surface area contributed by atoms with Crippen LogP contribution in [0.3, 0.4) is 0 Å². The van der Waals surface area contributed by atoms with Gasteiger partial charge in [-0.2, -0.15) is 0 Å². The van der Waals surface area contributed by atoms with Gasteiger partial charge in [0, 0.05) is 29.1 Å². The number of aryl methyl sites for hydroxylation is 2. The monoisotopic (exact) mass is 456 g/mol. The van der Waals surface area contributed by atoms with Gasteiger partial charge in [-0.25, -0.2) is 13.6 Å². The summed E-state index contributed by atoms with van der Waals surface area (Å²) in [6, 6.07) is 8.29. The van der Waals surface area contributed by atoms with Gasteiger partial charge in [-0.1, -0.05) is 12.1 Å². The number of carbonyl (C=O) groups excluding carboxylic acids is 1. The second kappa shape index (κ2) is 9.58. The van der Waals surface area contributed by atoms with Crippen LogP contribution in [0.5, 0.6) is 5.75 Å². The van der Waals surface area contributed by atoms with Crippen molar-refractivity contribution in [3.8, 4) is 5.75 Å². The highest BCUT2D eigenvalue weighted by Gasteiger charge is 2.17. The number of ether oxygens (including phenoxy) is 1. The van der Waals surface area contributed by atoms with E-state index in [-0.39, 0.29) is 10.8 Å². The molecule has 1 aromatic heterocycles. The normalized spacial score (nSPS) is 12.2. The Bertz CT molecular complexity index is 1270. The molecule has 32 heavy (non-hydrogen) atoms.